The van der Waals surface area contributed by atoms with Crippen molar-refractivity contribution < 1.29 is 18.7 Å². The van der Waals surface area contributed by atoms with E-state index in [4.69, 9.17) is 30.5 Å². The zero-order chi connectivity index (χ0) is 30.8. The first-order chi connectivity index (χ1) is 21.4. The molecule has 0 fully saturated rings. The summed E-state index contributed by atoms with van der Waals surface area (Å²) in [5.41, 5.74) is 1.43. The molecule has 13 heteroatoms. The number of halogens is 2. The Kier molecular flexibility index (Phi) is 8.85. The number of hydrogen-bond acceptors (Lipinski definition) is 10. The number of furan rings is 1. The normalized spacial score (nSPS) is 14.7. The second kappa shape index (κ2) is 12.9. The lowest BCUT2D eigenvalue weighted by Crippen LogP contribution is -2.40. The molecule has 0 saturated carbocycles. The van der Waals surface area contributed by atoms with E-state index in [0.717, 1.165) is 0 Å². The summed E-state index contributed by atoms with van der Waals surface area (Å²) in [4.78, 5) is 41.6. The van der Waals surface area contributed by atoms with Crippen LogP contribution in [-0.4, -0.2) is 34.2 Å². The summed E-state index contributed by atoms with van der Waals surface area (Å²) in [7, 11) is 1.52. The Balaban J connectivity index is 1.58. The van der Waals surface area contributed by atoms with Crippen molar-refractivity contribution in [2.75, 3.05) is 13.7 Å². The molecule has 44 heavy (non-hydrogen) atoms. The average molecular weight is 710 g/mol. The molecule has 1 aliphatic rings. The number of esters is 1. The SMILES string of the molecule is CCOC(=O)C1=C(c2ccccc2)N=c2s/c(=C\c3cc(Br)c(Sc4ncccn4)o3)c(=O)n2[C@@H]1c1cc(Cl)ccc1OC. The van der Waals surface area contributed by atoms with Crippen LogP contribution in [0.3, 0.4) is 0 Å². The van der Waals surface area contributed by atoms with Gasteiger partial charge in [0.25, 0.3) is 5.56 Å². The number of ether oxygens (including phenoxy) is 2. The summed E-state index contributed by atoms with van der Waals surface area (Å²) in [6.45, 7) is 1.86. The van der Waals surface area contributed by atoms with Gasteiger partial charge < -0.3 is 13.9 Å². The second-order valence-corrected chi connectivity index (χ2v) is 12.5. The number of aromatic nitrogens is 3. The lowest BCUT2D eigenvalue weighted by Gasteiger charge is -2.27. The number of fused-ring (bicyclic) bond motifs is 1. The third-order valence-corrected chi connectivity index (χ3v) is 9.49. The molecule has 0 aliphatic carbocycles. The molecule has 5 aromatic rings. The van der Waals surface area contributed by atoms with Gasteiger partial charge >= 0.3 is 5.97 Å². The van der Waals surface area contributed by atoms with Crippen molar-refractivity contribution in [1.29, 1.82) is 0 Å². The molecule has 9 nitrogen and oxygen atoms in total. The smallest absolute Gasteiger partial charge is 0.338 e. The highest BCUT2D eigenvalue weighted by molar-refractivity contribution is 9.10. The van der Waals surface area contributed by atoms with Gasteiger partial charge in [-0.25, -0.2) is 19.8 Å². The molecule has 1 atom stereocenters. The van der Waals surface area contributed by atoms with Crippen LogP contribution in [0.4, 0.5) is 0 Å². The van der Waals surface area contributed by atoms with Crippen LogP contribution < -0.4 is 19.6 Å². The Morgan fingerprint density at radius 2 is 1.93 bits per heavy atom. The molecule has 0 N–H and O–H groups in total. The zero-order valence-corrected chi connectivity index (χ0v) is 27.2. The van der Waals surface area contributed by atoms with Crippen LogP contribution in [0.1, 0.15) is 29.9 Å². The maximum atomic E-state index is 14.2. The van der Waals surface area contributed by atoms with Gasteiger partial charge in [-0.3, -0.25) is 9.36 Å². The third-order valence-electron chi connectivity index (χ3n) is 6.53. The van der Waals surface area contributed by atoms with Gasteiger partial charge in [0.05, 0.1) is 34.0 Å². The fourth-order valence-corrected chi connectivity index (χ4v) is 7.11. The molecule has 0 spiro atoms. The van der Waals surface area contributed by atoms with Crippen molar-refractivity contribution in [1.82, 2.24) is 14.5 Å². The molecular formula is C31H22BrClN4O5S2. The quantitative estimate of drug-likeness (QED) is 0.145. The number of nitrogens with zero attached hydrogens (tertiary/aromatic N) is 4. The number of rotatable bonds is 8. The predicted molar refractivity (Wildman–Crippen MR) is 172 cm³/mol. The van der Waals surface area contributed by atoms with E-state index in [1.165, 1.54) is 34.8 Å². The first kappa shape index (κ1) is 30.1. The number of hydrogen-bond donors (Lipinski definition) is 0. The van der Waals surface area contributed by atoms with E-state index in [0.29, 0.717) is 57.4 Å². The van der Waals surface area contributed by atoms with Crippen LogP contribution >= 0.6 is 50.6 Å². The van der Waals surface area contributed by atoms with Gasteiger partial charge in [0.2, 0.25) is 0 Å². The molecule has 2 aromatic carbocycles. The maximum Gasteiger partial charge on any atom is 0.338 e. The number of carbonyl (C=O) groups is 1. The fourth-order valence-electron chi connectivity index (χ4n) is 4.71. The van der Waals surface area contributed by atoms with E-state index >= 15 is 0 Å². The number of benzene rings is 2. The van der Waals surface area contributed by atoms with Gasteiger partial charge in [-0.1, -0.05) is 53.3 Å². The Morgan fingerprint density at radius 3 is 2.66 bits per heavy atom. The largest absolute Gasteiger partial charge is 0.496 e. The summed E-state index contributed by atoms with van der Waals surface area (Å²) in [5.74, 6) is 0.284. The zero-order valence-electron chi connectivity index (χ0n) is 23.2. The summed E-state index contributed by atoms with van der Waals surface area (Å²) < 4.78 is 19.8. The lowest BCUT2D eigenvalue weighted by molar-refractivity contribution is -0.138. The van der Waals surface area contributed by atoms with Crippen LogP contribution in [0.2, 0.25) is 5.02 Å². The Morgan fingerprint density at radius 1 is 1.16 bits per heavy atom. The number of carbonyl (C=O) groups excluding carboxylic acids is 1. The van der Waals surface area contributed by atoms with Crippen LogP contribution in [0.25, 0.3) is 11.8 Å². The van der Waals surface area contributed by atoms with Crippen LogP contribution in [0.15, 0.2) is 108 Å². The second-order valence-electron chi connectivity index (χ2n) is 9.24. The third kappa shape index (κ3) is 5.90. The van der Waals surface area contributed by atoms with Crippen molar-refractivity contribution in [3.63, 3.8) is 0 Å². The highest BCUT2D eigenvalue weighted by Gasteiger charge is 2.37. The van der Waals surface area contributed by atoms with Gasteiger partial charge in [-0.05, 0) is 64.9 Å². The molecule has 0 saturated heterocycles. The average Bonchev–Trinajstić information content (AvgIpc) is 3.54. The molecule has 222 valence electrons. The van der Waals surface area contributed by atoms with Crippen molar-refractivity contribution in [2.45, 2.75) is 23.2 Å². The van der Waals surface area contributed by atoms with E-state index in [9.17, 15) is 9.59 Å². The Hall–Kier alpha value is -3.97. The first-order valence-corrected chi connectivity index (χ1v) is 16.0. The van der Waals surface area contributed by atoms with Gasteiger partial charge in [-0.15, -0.1) is 0 Å². The molecule has 0 radical (unpaired) electrons. The Bertz CT molecular complexity index is 2080. The monoisotopic (exact) mass is 708 g/mol. The van der Waals surface area contributed by atoms with E-state index in [1.807, 2.05) is 30.3 Å². The van der Waals surface area contributed by atoms with Crippen molar-refractivity contribution in [3.8, 4) is 5.75 Å². The molecular weight excluding hydrogens is 688 g/mol. The molecule has 0 bridgehead atoms. The van der Waals surface area contributed by atoms with Crippen LogP contribution in [0.5, 0.6) is 5.75 Å². The molecule has 0 unspecified atom stereocenters. The van der Waals surface area contributed by atoms with Crippen molar-refractivity contribution in [3.05, 3.63) is 125 Å². The van der Waals surface area contributed by atoms with E-state index in [2.05, 4.69) is 25.9 Å². The molecule has 0 amide bonds. The first-order valence-electron chi connectivity index (χ1n) is 13.2. The number of thiazole rings is 1. The minimum Gasteiger partial charge on any atom is -0.496 e. The summed E-state index contributed by atoms with van der Waals surface area (Å²) >= 11 is 12.4. The summed E-state index contributed by atoms with van der Waals surface area (Å²) in [6, 6.07) is 16.9. The lowest BCUT2D eigenvalue weighted by atomic mass is 9.92. The van der Waals surface area contributed by atoms with Gasteiger partial charge in [0.15, 0.2) is 15.1 Å². The highest BCUT2D eigenvalue weighted by atomic mass is 79.9. The predicted octanol–water partition coefficient (Wildman–Crippen LogP) is 5.89. The molecule has 1 aliphatic heterocycles. The molecule has 3 aromatic heterocycles. The molecule has 6 rings (SSSR count). The molecule has 4 heterocycles. The van der Waals surface area contributed by atoms with Gasteiger partial charge in [-0.2, -0.15) is 0 Å². The van der Waals surface area contributed by atoms with Crippen LogP contribution in [-0.2, 0) is 9.53 Å². The topological polar surface area (TPSA) is 109 Å². The minimum atomic E-state index is -0.944. The Labute approximate surface area is 272 Å². The standard InChI is InChI=1S/C31H22BrClN4O5S2/c1-3-41-28(39)24-25(17-8-5-4-6-9-17)36-31-37(26(24)20-14-18(33)10-11-22(20)40-2)27(38)23(43-31)16-19-15-21(32)29(42-19)44-30-34-12-7-13-35-30/h4-16,26H,3H2,1-2H3/b23-16-/t26-/m1/s1. The summed E-state index contributed by atoms with van der Waals surface area (Å²) in [5, 5.41) is 1.47. The van der Waals surface area contributed by atoms with Gasteiger partial charge in [0, 0.05) is 34.6 Å². The summed E-state index contributed by atoms with van der Waals surface area (Å²) in [6.07, 6.45) is 4.94. The fraction of sp³-hybridized carbons (Fsp3) is 0.129. The highest BCUT2D eigenvalue weighted by Crippen LogP contribution is 2.40. The van der Waals surface area contributed by atoms with E-state index in [1.54, 1.807) is 55.7 Å². The van der Waals surface area contributed by atoms with Crippen molar-refractivity contribution >= 4 is 68.4 Å². The minimum absolute atomic E-state index is 0.135. The van der Waals surface area contributed by atoms with Crippen LogP contribution in [0, 0.1) is 0 Å². The van der Waals surface area contributed by atoms with Gasteiger partial charge in [0.1, 0.15) is 17.6 Å². The number of methoxy groups -OCH3 is 1. The van der Waals surface area contributed by atoms with E-state index in [-0.39, 0.29) is 17.7 Å². The maximum absolute atomic E-state index is 14.2. The van der Waals surface area contributed by atoms with Crippen molar-refractivity contribution in [2.24, 2.45) is 4.99 Å². The van der Waals surface area contributed by atoms with E-state index < -0.39 is 12.0 Å².